The summed E-state index contributed by atoms with van der Waals surface area (Å²) in [7, 11) is 0. The fraction of sp³-hybridized carbons (Fsp3) is 0.370. The van der Waals surface area contributed by atoms with Crippen LogP contribution in [0.5, 0.6) is 0 Å². The lowest BCUT2D eigenvalue weighted by Gasteiger charge is -2.29. The molecule has 0 heterocycles. The topological polar surface area (TPSA) is 105 Å². The molecule has 7 nitrogen and oxygen atoms in total. The van der Waals surface area contributed by atoms with Crippen LogP contribution in [0.4, 0.5) is 4.79 Å². The second-order valence-corrected chi connectivity index (χ2v) is 8.84. The van der Waals surface area contributed by atoms with Gasteiger partial charge in [-0.15, -0.1) is 12.3 Å². The highest BCUT2D eigenvalue weighted by Crippen LogP contribution is 2.44. The number of carboxylic acid groups (broad SMARTS) is 1. The van der Waals surface area contributed by atoms with E-state index in [1.54, 1.807) is 0 Å². The number of amides is 2. The van der Waals surface area contributed by atoms with E-state index in [9.17, 15) is 19.5 Å². The van der Waals surface area contributed by atoms with Crippen LogP contribution in [0, 0.1) is 18.3 Å². The summed E-state index contributed by atoms with van der Waals surface area (Å²) in [5.41, 5.74) is 4.62. The number of terminal acetylenes is 1. The number of ether oxygens (including phenoxy) is 1. The molecule has 3 atom stereocenters. The summed E-state index contributed by atoms with van der Waals surface area (Å²) in [6, 6.07) is 15.0. The highest BCUT2D eigenvalue weighted by Gasteiger charge is 2.32. The summed E-state index contributed by atoms with van der Waals surface area (Å²) in [4.78, 5) is 36.4. The molecule has 0 aliphatic heterocycles. The van der Waals surface area contributed by atoms with Gasteiger partial charge in [-0.2, -0.15) is 0 Å². The minimum Gasteiger partial charge on any atom is -0.480 e. The van der Waals surface area contributed by atoms with Crippen LogP contribution in [-0.4, -0.2) is 41.8 Å². The molecular weight excluding hydrogens is 432 g/mol. The predicted molar refractivity (Wildman–Crippen MR) is 127 cm³/mol. The van der Waals surface area contributed by atoms with E-state index in [1.807, 2.05) is 24.3 Å². The van der Waals surface area contributed by atoms with Gasteiger partial charge in [0.1, 0.15) is 12.6 Å². The zero-order valence-corrected chi connectivity index (χ0v) is 18.8. The van der Waals surface area contributed by atoms with Crippen LogP contribution < -0.4 is 10.6 Å². The SMILES string of the molecule is C#CCC(NC(=O)C1CCCC(NC(=O)OCC2c3ccccc3-c3ccccc32)C1)C(=O)O. The van der Waals surface area contributed by atoms with Crippen molar-refractivity contribution >= 4 is 18.0 Å². The lowest BCUT2D eigenvalue weighted by atomic mass is 9.85. The summed E-state index contributed by atoms with van der Waals surface area (Å²) in [6.07, 6.45) is 7.17. The van der Waals surface area contributed by atoms with E-state index >= 15 is 0 Å². The maximum absolute atomic E-state index is 12.6. The summed E-state index contributed by atoms with van der Waals surface area (Å²) in [5, 5.41) is 14.6. The Bertz CT molecular complexity index is 1080. The van der Waals surface area contributed by atoms with Gasteiger partial charge in [-0.05, 0) is 41.5 Å². The van der Waals surface area contributed by atoms with Gasteiger partial charge in [-0.1, -0.05) is 55.0 Å². The number of carboxylic acids is 1. The van der Waals surface area contributed by atoms with Crippen LogP contribution >= 0.6 is 0 Å². The summed E-state index contributed by atoms with van der Waals surface area (Å²) >= 11 is 0. The highest BCUT2D eigenvalue weighted by atomic mass is 16.5. The molecule has 34 heavy (non-hydrogen) atoms. The van der Waals surface area contributed by atoms with Crippen LogP contribution in [0.15, 0.2) is 48.5 Å². The Morgan fingerprint density at radius 2 is 1.71 bits per heavy atom. The van der Waals surface area contributed by atoms with Crippen molar-refractivity contribution in [1.29, 1.82) is 0 Å². The number of carbonyl (C=O) groups excluding carboxylic acids is 2. The third-order valence-electron chi connectivity index (χ3n) is 6.65. The van der Waals surface area contributed by atoms with Crippen molar-refractivity contribution in [2.75, 3.05) is 6.61 Å². The third kappa shape index (κ3) is 5.07. The Hall–Kier alpha value is -3.79. The molecule has 2 aliphatic carbocycles. The lowest BCUT2D eigenvalue weighted by Crippen LogP contribution is -2.47. The summed E-state index contributed by atoms with van der Waals surface area (Å²) < 4.78 is 5.62. The first kappa shape index (κ1) is 23.4. The lowest BCUT2D eigenvalue weighted by molar-refractivity contribution is -0.142. The van der Waals surface area contributed by atoms with E-state index in [2.05, 4.69) is 40.8 Å². The van der Waals surface area contributed by atoms with Crippen molar-refractivity contribution in [3.8, 4) is 23.5 Å². The first-order chi connectivity index (χ1) is 16.5. The van der Waals surface area contributed by atoms with E-state index in [-0.39, 0.29) is 36.8 Å². The minimum absolute atomic E-state index is 0.0212. The van der Waals surface area contributed by atoms with Crippen molar-refractivity contribution in [1.82, 2.24) is 10.6 Å². The second kappa shape index (κ2) is 10.4. The average Bonchev–Trinajstić information content (AvgIpc) is 3.16. The van der Waals surface area contributed by atoms with Gasteiger partial charge in [-0.25, -0.2) is 9.59 Å². The Morgan fingerprint density at radius 3 is 2.32 bits per heavy atom. The largest absolute Gasteiger partial charge is 0.480 e. The number of nitrogens with one attached hydrogen (secondary N) is 2. The van der Waals surface area contributed by atoms with Crippen molar-refractivity contribution in [2.24, 2.45) is 5.92 Å². The fourth-order valence-corrected chi connectivity index (χ4v) is 4.97. The molecule has 0 radical (unpaired) electrons. The number of rotatable bonds is 7. The number of carbonyl (C=O) groups is 3. The van der Waals surface area contributed by atoms with Crippen LogP contribution in [0.3, 0.4) is 0 Å². The smallest absolute Gasteiger partial charge is 0.407 e. The normalized spacial score (nSPS) is 19.7. The van der Waals surface area contributed by atoms with Crippen molar-refractivity contribution in [3.05, 3.63) is 59.7 Å². The molecule has 2 aromatic rings. The fourth-order valence-electron chi connectivity index (χ4n) is 4.97. The van der Waals surface area contributed by atoms with Gasteiger partial charge in [0.25, 0.3) is 0 Å². The van der Waals surface area contributed by atoms with E-state index < -0.39 is 18.1 Å². The first-order valence-corrected chi connectivity index (χ1v) is 11.6. The van der Waals surface area contributed by atoms with Gasteiger partial charge in [0.15, 0.2) is 0 Å². The average molecular weight is 461 g/mol. The molecule has 1 saturated carbocycles. The number of fused-ring (bicyclic) bond motifs is 3. The molecule has 3 N–H and O–H groups in total. The number of hydrogen-bond donors (Lipinski definition) is 3. The molecule has 4 rings (SSSR count). The number of alkyl carbamates (subject to hydrolysis) is 1. The Balaban J connectivity index is 1.32. The van der Waals surface area contributed by atoms with E-state index in [4.69, 9.17) is 11.2 Å². The van der Waals surface area contributed by atoms with Crippen LogP contribution in [0.2, 0.25) is 0 Å². The maximum Gasteiger partial charge on any atom is 0.407 e. The molecule has 176 valence electrons. The number of aliphatic carboxylic acids is 1. The van der Waals surface area contributed by atoms with Gasteiger partial charge >= 0.3 is 12.1 Å². The zero-order chi connectivity index (χ0) is 24.1. The van der Waals surface area contributed by atoms with Gasteiger partial charge in [0.05, 0.1) is 0 Å². The molecular formula is C27H28N2O5. The molecule has 3 unspecified atom stereocenters. The number of benzene rings is 2. The van der Waals surface area contributed by atoms with E-state index in [0.29, 0.717) is 12.8 Å². The minimum atomic E-state index is -1.16. The zero-order valence-electron chi connectivity index (χ0n) is 18.8. The van der Waals surface area contributed by atoms with Crippen LogP contribution in [-0.2, 0) is 14.3 Å². The Labute approximate surface area is 198 Å². The molecule has 2 aromatic carbocycles. The van der Waals surface area contributed by atoms with Gasteiger partial charge in [0, 0.05) is 24.3 Å². The predicted octanol–water partition coefficient (Wildman–Crippen LogP) is 3.68. The molecule has 2 aliphatic rings. The first-order valence-electron chi connectivity index (χ1n) is 11.6. The summed E-state index contributed by atoms with van der Waals surface area (Å²) in [6.45, 7) is 0.225. The molecule has 0 aromatic heterocycles. The van der Waals surface area contributed by atoms with Crippen LogP contribution in [0.1, 0.15) is 49.1 Å². The van der Waals surface area contributed by atoms with Crippen molar-refractivity contribution < 1.29 is 24.2 Å². The molecule has 1 fully saturated rings. The molecule has 0 spiro atoms. The van der Waals surface area contributed by atoms with Gasteiger partial charge < -0.3 is 20.5 Å². The van der Waals surface area contributed by atoms with Crippen molar-refractivity contribution in [3.63, 3.8) is 0 Å². The monoisotopic (exact) mass is 460 g/mol. The quantitative estimate of drug-likeness (QED) is 0.547. The number of hydrogen-bond acceptors (Lipinski definition) is 4. The molecule has 0 bridgehead atoms. The molecule has 0 saturated heterocycles. The molecule has 7 heteroatoms. The Morgan fingerprint density at radius 1 is 1.06 bits per heavy atom. The van der Waals surface area contributed by atoms with Gasteiger partial charge in [-0.3, -0.25) is 4.79 Å². The summed E-state index contributed by atoms with van der Waals surface area (Å²) in [5.74, 6) is 0.367. The van der Waals surface area contributed by atoms with Gasteiger partial charge in [0.2, 0.25) is 5.91 Å². The van der Waals surface area contributed by atoms with E-state index in [0.717, 1.165) is 35.1 Å². The standard InChI is InChI=1S/C27H28N2O5/c1-2-8-24(26(31)32)29-25(30)17-9-7-10-18(15-17)28-27(33)34-16-23-21-13-5-3-11-19(21)20-12-4-6-14-22(20)23/h1,3-6,11-14,17-18,23-24H,7-10,15-16H2,(H,28,33)(H,29,30)(H,31,32). The van der Waals surface area contributed by atoms with E-state index in [1.165, 1.54) is 0 Å². The third-order valence-corrected chi connectivity index (χ3v) is 6.65. The second-order valence-electron chi connectivity index (χ2n) is 8.84. The Kier molecular flexibility index (Phi) is 7.17. The highest BCUT2D eigenvalue weighted by molar-refractivity contribution is 5.85. The van der Waals surface area contributed by atoms with Crippen molar-refractivity contribution in [2.45, 2.75) is 50.1 Å². The maximum atomic E-state index is 12.6. The molecule has 2 amide bonds. The van der Waals surface area contributed by atoms with Crippen LogP contribution in [0.25, 0.3) is 11.1 Å².